The molecule has 0 radical (unpaired) electrons. The smallest absolute Gasteiger partial charge is 0.302 e. The largest absolute Gasteiger partial charge is 0.466 e. The minimum atomic E-state index is -0.266. The number of aliphatic hydroxyl groups is 1. The van der Waals surface area contributed by atoms with Crippen LogP contribution in [0.2, 0.25) is 0 Å². The van der Waals surface area contributed by atoms with Gasteiger partial charge in [-0.25, -0.2) is 0 Å². The van der Waals surface area contributed by atoms with E-state index in [1.165, 1.54) is 6.92 Å². The molecule has 0 aromatic heterocycles. The first kappa shape index (κ1) is 13.6. The highest BCUT2D eigenvalue weighted by molar-refractivity contribution is 8.01. The molecule has 0 fully saturated rings. The average molecular weight is 244 g/mol. The number of aliphatic hydroxyl groups excluding tert-OH is 1. The molecule has 0 bridgehead atoms. The molecule has 16 heavy (non-hydrogen) atoms. The SMILES string of the molecule is CC(=O)OCCC1(C)C=CC(CC(C)O)S1. The van der Waals surface area contributed by atoms with Crippen LogP contribution in [-0.2, 0) is 9.53 Å². The van der Waals surface area contributed by atoms with Crippen LogP contribution in [0.15, 0.2) is 12.2 Å². The van der Waals surface area contributed by atoms with Gasteiger partial charge < -0.3 is 9.84 Å². The van der Waals surface area contributed by atoms with Crippen molar-refractivity contribution >= 4 is 17.7 Å². The first-order valence-corrected chi connectivity index (χ1v) is 6.48. The molecule has 0 saturated carbocycles. The van der Waals surface area contributed by atoms with Crippen LogP contribution >= 0.6 is 11.8 Å². The van der Waals surface area contributed by atoms with E-state index in [-0.39, 0.29) is 16.8 Å². The molecule has 1 aliphatic heterocycles. The summed E-state index contributed by atoms with van der Waals surface area (Å²) in [6.07, 6.45) is 5.64. The monoisotopic (exact) mass is 244 g/mol. The predicted octanol–water partition coefficient (Wildman–Crippen LogP) is 2.14. The van der Waals surface area contributed by atoms with Gasteiger partial charge in [0.05, 0.1) is 12.7 Å². The van der Waals surface area contributed by atoms with E-state index in [0.717, 1.165) is 12.8 Å². The molecular weight excluding hydrogens is 224 g/mol. The van der Waals surface area contributed by atoms with Crippen LogP contribution in [-0.4, -0.2) is 33.8 Å². The molecule has 4 heteroatoms. The Bertz CT molecular complexity index is 275. The number of rotatable bonds is 5. The summed E-state index contributed by atoms with van der Waals surface area (Å²) >= 11 is 1.83. The Balaban J connectivity index is 2.32. The number of ether oxygens (including phenoxy) is 1. The van der Waals surface area contributed by atoms with E-state index < -0.39 is 0 Å². The Labute approximate surface area is 101 Å². The van der Waals surface area contributed by atoms with Crippen molar-refractivity contribution in [2.75, 3.05) is 6.61 Å². The standard InChI is InChI=1S/C12H20O3S/c1-9(13)8-11-4-5-12(3,16-11)6-7-15-10(2)14/h4-5,9,11,13H,6-8H2,1-3H3. The lowest BCUT2D eigenvalue weighted by Crippen LogP contribution is -2.20. The lowest BCUT2D eigenvalue weighted by molar-refractivity contribution is -0.141. The maximum absolute atomic E-state index is 10.7. The maximum atomic E-state index is 10.7. The Morgan fingerprint density at radius 1 is 1.69 bits per heavy atom. The molecule has 0 amide bonds. The summed E-state index contributed by atoms with van der Waals surface area (Å²) in [6, 6.07) is 0. The lowest BCUT2D eigenvalue weighted by Gasteiger charge is -2.23. The minimum absolute atomic E-state index is 0.0367. The van der Waals surface area contributed by atoms with Gasteiger partial charge in [0.25, 0.3) is 0 Å². The third kappa shape index (κ3) is 4.58. The number of esters is 1. The van der Waals surface area contributed by atoms with Gasteiger partial charge >= 0.3 is 5.97 Å². The molecule has 1 aliphatic rings. The van der Waals surface area contributed by atoms with Crippen LogP contribution in [0.1, 0.15) is 33.6 Å². The van der Waals surface area contributed by atoms with E-state index in [4.69, 9.17) is 4.74 Å². The number of hydrogen-bond acceptors (Lipinski definition) is 4. The van der Waals surface area contributed by atoms with Crippen molar-refractivity contribution in [1.82, 2.24) is 0 Å². The van der Waals surface area contributed by atoms with Crippen molar-refractivity contribution in [3.05, 3.63) is 12.2 Å². The maximum Gasteiger partial charge on any atom is 0.302 e. The molecule has 1 N–H and O–H groups in total. The molecule has 92 valence electrons. The molecule has 1 heterocycles. The van der Waals surface area contributed by atoms with Crippen molar-refractivity contribution in [1.29, 1.82) is 0 Å². The summed E-state index contributed by atoms with van der Waals surface area (Å²) in [6.45, 7) is 5.84. The molecule has 3 atom stereocenters. The third-order valence-corrected chi connectivity index (χ3v) is 4.09. The predicted molar refractivity (Wildman–Crippen MR) is 66.5 cm³/mol. The highest BCUT2D eigenvalue weighted by Crippen LogP contribution is 2.41. The van der Waals surface area contributed by atoms with Gasteiger partial charge in [0.2, 0.25) is 0 Å². The summed E-state index contributed by atoms with van der Waals surface area (Å²) in [5.74, 6) is -0.226. The van der Waals surface area contributed by atoms with E-state index in [9.17, 15) is 9.90 Å². The highest BCUT2D eigenvalue weighted by Gasteiger charge is 2.31. The Hall–Kier alpha value is -0.480. The van der Waals surface area contributed by atoms with Gasteiger partial charge in [0.15, 0.2) is 0 Å². The molecule has 0 aliphatic carbocycles. The number of thioether (sulfide) groups is 1. The van der Waals surface area contributed by atoms with Gasteiger partial charge in [-0.1, -0.05) is 12.2 Å². The quantitative estimate of drug-likeness (QED) is 0.594. The van der Waals surface area contributed by atoms with E-state index in [2.05, 4.69) is 19.1 Å². The summed E-state index contributed by atoms with van der Waals surface area (Å²) < 4.78 is 4.99. The molecule has 1 rings (SSSR count). The normalized spacial score (nSPS) is 30.4. The second-order valence-electron chi connectivity index (χ2n) is 4.50. The van der Waals surface area contributed by atoms with Crippen LogP contribution in [0.3, 0.4) is 0 Å². The Morgan fingerprint density at radius 3 is 2.94 bits per heavy atom. The Morgan fingerprint density at radius 2 is 2.38 bits per heavy atom. The van der Waals surface area contributed by atoms with Gasteiger partial charge in [0, 0.05) is 16.9 Å². The van der Waals surface area contributed by atoms with Crippen LogP contribution in [0.5, 0.6) is 0 Å². The molecule has 3 unspecified atom stereocenters. The third-order valence-electron chi connectivity index (χ3n) is 2.56. The van der Waals surface area contributed by atoms with Gasteiger partial charge in [-0.15, -0.1) is 11.8 Å². The van der Waals surface area contributed by atoms with Crippen molar-refractivity contribution in [2.45, 2.75) is 49.7 Å². The highest BCUT2D eigenvalue weighted by atomic mass is 32.2. The van der Waals surface area contributed by atoms with Gasteiger partial charge in [-0.2, -0.15) is 0 Å². The van der Waals surface area contributed by atoms with E-state index in [0.29, 0.717) is 11.9 Å². The van der Waals surface area contributed by atoms with E-state index >= 15 is 0 Å². The summed E-state index contributed by atoms with van der Waals surface area (Å²) in [5, 5.41) is 9.69. The second-order valence-corrected chi connectivity index (χ2v) is 6.28. The molecule has 0 aromatic carbocycles. The molecule has 0 aromatic rings. The molecule has 3 nitrogen and oxygen atoms in total. The van der Waals surface area contributed by atoms with Gasteiger partial charge in [0.1, 0.15) is 0 Å². The topological polar surface area (TPSA) is 46.5 Å². The first-order chi connectivity index (χ1) is 7.41. The number of carbonyl (C=O) groups excluding carboxylic acids is 1. The first-order valence-electron chi connectivity index (χ1n) is 5.60. The van der Waals surface area contributed by atoms with E-state index in [1.54, 1.807) is 0 Å². The second kappa shape index (κ2) is 5.73. The number of hydrogen-bond donors (Lipinski definition) is 1. The molecule has 0 spiro atoms. The van der Waals surface area contributed by atoms with E-state index in [1.807, 2.05) is 18.7 Å². The van der Waals surface area contributed by atoms with Crippen LogP contribution in [0, 0.1) is 0 Å². The summed E-state index contributed by atoms with van der Waals surface area (Å²) in [5.41, 5.74) is 0. The van der Waals surface area contributed by atoms with Crippen molar-refractivity contribution < 1.29 is 14.6 Å². The zero-order valence-electron chi connectivity index (χ0n) is 10.1. The van der Waals surface area contributed by atoms with Crippen LogP contribution in [0.4, 0.5) is 0 Å². The fourth-order valence-electron chi connectivity index (χ4n) is 1.74. The summed E-state index contributed by atoms with van der Waals surface area (Å²) in [7, 11) is 0. The van der Waals surface area contributed by atoms with Crippen molar-refractivity contribution in [2.24, 2.45) is 0 Å². The molecule has 0 saturated heterocycles. The van der Waals surface area contributed by atoms with Crippen LogP contribution in [0.25, 0.3) is 0 Å². The van der Waals surface area contributed by atoms with Crippen molar-refractivity contribution in [3.8, 4) is 0 Å². The van der Waals surface area contributed by atoms with Crippen molar-refractivity contribution in [3.63, 3.8) is 0 Å². The van der Waals surface area contributed by atoms with Crippen LogP contribution < -0.4 is 0 Å². The molecular formula is C12H20O3S. The lowest BCUT2D eigenvalue weighted by atomic mass is 10.1. The van der Waals surface area contributed by atoms with Gasteiger partial charge in [-0.05, 0) is 26.7 Å². The fourth-order valence-corrected chi connectivity index (χ4v) is 3.32. The summed E-state index contributed by atoms with van der Waals surface area (Å²) in [4.78, 5) is 10.7. The minimum Gasteiger partial charge on any atom is -0.466 e. The zero-order chi connectivity index (χ0) is 12.2. The Kier molecular flexibility index (Phi) is 4.87. The average Bonchev–Trinajstić information content (AvgIpc) is 2.45. The zero-order valence-corrected chi connectivity index (χ0v) is 10.9. The number of carbonyl (C=O) groups is 1. The fraction of sp³-hybridized carbons (Fsp3) is 0.750. The van der Waals surface area contributed by atoms with Gasteiger partial charge in [-0.3, -0.25) is 4.79 Å².